The molecule has 2 aromatic rings. The summed E-state index contributed by atoms with van der Waals surface area (Å²) in [6.07, 6.45) is 0.599. The van der Waals surface area contributed by atoms with Crippen molar-refractivity contribution < 1.29 is 18.9 Å². The fourth-order valence-corrected chi connectivity index (χ4v) is 2.24. The first-order valence-electron chi connectivity index (χ1n) is 7.63. The van der Waals surface area contributed by atoms with E-state index in [9.17, 15) is 5.26 Å². The summed E-state index contributed by atoms with van der Waals surface area (Å²) in [5, 5.41) is 9.38. The standard InChI is InChI=1S/C19H21NO4/c1-21-14-23-9-8-16-10-18(22-2)19(11-17(16)12-20)24-13-15-6-4-3-5-7-15/h3-7,10-11H,8-9,13-14H2,1-2H3. The molecule has 0 bridgehead atoms. The topological polar surface area (TPSA) is 60.7 Å². The highest BCUT2D eigenvalue weighted by Gasteiger charge is 2.12. The average Bonchev–Trinajstić information content (AvgIpc) is 2.64. The number of rotatable bonds is 9. The van der Waals surface area contributed by atoms with E-state index in [0.29, 0.717) is 36.7 Å². The Hall–Kier alpha value is -2.55. The molecule has 126 valence electrons. The SMILES string of the molecule is COCOCCc1cc(OC)c(OCc2ccccc2)cc1C#N. The molecule has 24 heavy (non-hydrogen) atoms. The maximum atomic E-state index is 9.38. The Labute approximate surface area is 142 Å². The molecule has 5 heteroatoms. The molecule has 0 aliphatic heterocycles. The fourth-order valence-electron chi connectivity index (χ4n) is 2.24. The van der Waals surface area contributed by atoms with Gasteiger partial charge < -0.3 is 18.9 Å². The Morgan fingerprint density at radius 3 is 2.50 bits per heavy atom. The molecule has 0 radical (unpaired) electrons. The molecule has 0 saturated carbocycles. The quantitative estimate of drug-likeness (QED) is 0.522. The normalized spacial score (nSPS) is 10.2. The second-order valence-electron chi connectivity index (χ2n) is 5.11. The van der Waals surface area contributed by atoms with Gasteiger partial charge in [-0.1, -0.05) is 30.3 Å². The van der Waals surface area contributed by atoms with Gasteiger partial charge in [0.25, 0.3) is 0 Å². The van der Waals surface area contributed by atoms with Gasteiger partial charge in [-0.3, -0.25) is 0 Å². The molecule has 0 saturated heterocycles. The largest absolute Gasteiger partial charge is 0.493 e. The zero-order chi connectivity index (χ0) is 17.2. The third kappa shape index (κ3) is 4.98. The van der Waals surface area contributed by atoms with Crippen molar-refractivity contribution in [3.63, 3.8) is 0 Å². The number of ether oxygens (including phenoxy) is 4. The summed E-state index contributed by atoms with van der Waals surface area (Å²) in [6, 6.07) is 15.6. The molecule has 0 unspecified atom stereocenters. The van der Waals surface area contributed by atoms with Gasteiger partial charge in [0.05, 0.1) is 25.3 Å². The molecule has 0 aliphatic carbocycles. The first-order valence-corrected chi connectivity index (χ1v) is 7.63. The van der Waals surface area contributed by atoms with E-state index in [1.807, 2.05) is 36.4 Å². The van der Waals surface area contributed by atoms with Gasteiger partial charge in [0, 0.05) is 13.2 Å². The monoisotopic (exact) mass is 327 g/mol. The van der Waals surface area contributed by atoms with Crippen molar-refractivity contribution in [2.75, 3.05) is 27.6 Å². The molecular weight excluding hydrogens is 306 g/mol. The molecule has 2 rings (SSSR count). The van der Waals surface area contributed by atoms with Gasteiger partial charge in [-0.2, -0.15) is 5.26 Å². The summed E-state index contributed by atoms with van der Waals surface area (Å²) in [5.74, 6) is 1.16. The molecule has 0 aliphatic rings. The van der Waals surface area contributed by atoms with Crippen molar-refractivity contribution in [2.24, 2.45) is 0 Å². The van der Waals surface area contributed by atoms with Gasteiger partial charge in [-0.15, -0.1) is 0 Å². The Kier molecular flexibility index (Phi) is 7.09. The minimum atomic E-state index is 0.233. The van der Waals surface area contributed by atoms with Crippen LogP contribution in [0, 0.1) is 11.3 Å². The molecule has 0 heterocycles. The van der Waals surface area contributed by atoms with Crippen LogP contribution in [-0.2, 0) is 22.5 Å². The zero-order valence-corrected chi connectivity index (χ0v) is 14.0. The molecule has 0 spiro atoms. The van der Waals surface area contributed by atoms with Crippen molar-refractivity contribution in [1.82, 2.24) is 0 Å². The van der Waals surface area contributed by atoms with E-state index >= 15 is 0 Å². The van der Waals surface area contributed by atoms with E-state index in [1.165, 1.54) is 0 Å². The Morgan fingerprint density at radius 1 is 1.04 bits per heavy atom. The number of hydrogen-bond acceptors (Lipinski definition) is 5. The van der Waals surface area contributed by atoms with Crippen LogP contribution in [0.3, 0.4) is 0 Å². The lowest BCUT2D eigenvalue weighted by Crippen LogP contribution is -2.04. The van der Waals surface area contributed by atoms with E-state index in [2.05, 4.69) is 6.07 Å². The molecular formula is C19H21NO4. The number of benzene rings is 2. The highest BCUT2D eigenvalue weighted by atomic mass is 16.7. The van der Waals surface area contributed by atoms with Gasteiger partial charge >= 0.3 is 0 Å². The minimum Gasteiger partial charge on any atom is -0.493 e. The highest BCUT2D eigenvalue weighted by molar-refractivity contribution is 5.52. The van der Waals surface area contributed by atoms with E-state index in [1.54, 1.807) is 20.3 Å². The zero-order valence-electron chi connectivity index (χ0n) is 14.0. The summed E-state index contributed by atoms with van der Waals surface area (Å²) in [6.45, 7) is 1.12. The van der Waals surface area contributed by atoms with Crippen molar-refractivity contribution in [3.05, 3.63) is 59.2 Å². The van der Waals surface area contributed by atoms with E-state index in [-0.39, 0.29) is 6.79 Å². The summed E-state index contributed by atoms with van der Waals surface area (Å²) in [4.78, 5) is 0. The summed E-state index contributed by atoms with van der Waals surface area (Å²) >= 11 is 0. The predicted octanol–water partition coefficient (Wildman–Crippen LogP) is 3.31. The van der Waals surface area contributed by atoms with Gasteiger partial charge in [0.1, 0.15) is 13.4 Å². The van der Waals surface area contributed by atoms with Crippen molar-refractivity contribution >= 4 is 0 Å². The first-order chi connectivity index (χ1) is 11.8. The van der Waals surface area contributed by atoms with Crippen molar-refractivity contribution in [2.45, 2.75) is 13.0 Å². The maximum Gasteiger partial charge on any atom is 0.163 e. The maximum absolute atomic E-state index is 9.38. The number of nitrogens with zero attached hydrogens (tertiary/aromatic N) is 1. The molecule has 0 fully saturated rings. The summed E-state index contributed by atoms with van der Waals surface area (Å²) < 4.78 is 21.4. The lowest BCUT2D eigenvalue weighted by atomic mass is 10.0. The second-order valence-corrected chi connectivity index (χ2v) is 5.11. The van der Waals surface area contributed by atoms with E-state index < -0.39 is 0 Å². The van der Waals surface area contributed by atoms with Crippen molar-refractivity contribution in [3.8, 4) is 17.6 Å². The van der Waals surface area contributed by atoms with E-state index in [4.69, 9.17) is 18.9 Å². The Bertz CT molecular complexity index is 680. The predicted molar refractivity (Wildman–Crippen MR) is 90.0 cm³/mol. The van der Waals surface area contributed by atoms with Crippen LogP contribution >= 0.6 is 0 Å². The molecule has 0 amide bonds. The highest BCUT2D eigenvalue weighted by Crippen LogP contribution is 2.31. The van der Waals surface area contributed by atoms with Crippen LogP contribution < -0.4 is 9.47 Å². The third-order valence-electron chi connectivity index (χ3n) is 3.46. The lowest BCUT2D eigenvalue weighted by Gasteiger charge is -2.14. The smallest absolute Gasteiger partial charge is 0.163 e. The minimum absolute atomic E-state index is 0.233. The lowest BCUT2D eigenvalue weighted by molar-refractivity contribution is -0.0291. The van der Waals surface area contributed by atoms with Crippen molar-refractivity contribution in [1.29, 1.82) is 5.26 Å². The van der Waals surface area contributed by atoms with Gasteiger partial charge in [-0.05, 0) is 23.6 Å². The van der Waals surface area contributed by atoms with Crippen LogP contribution in [0.2, 0.25) is 0 Å². The van der Waals surface area contributed by atoms with Crippen LogP contribution in [0.4, 0.5) is 0 Å². The Balaban J connectivity index is 2.12. The van der Waals surface area contributed by atoms with Crippen LogP contribution in [0.1, 0.15) is 16.7 Å². The number of hydrogen-bond donors (Lipinski definition) is 0. The van der Waals surface area contributed by atoms with Crippen LogP contribution in [0.15, 0.2) is 42.5 Å². The Morgan fingerprint density at radius 2 is 1.83 bits per heavy atom. The first kappa shape index (κ1) is 17.8. The number of methoxy groups -OCH3 is 2. The summed E-state index contributed by atoms with van der Waals surface area (Å²) in [7, 11) is 3.16. The number of nitriles is 1. The second kappa shape index (κ2) is 9.56. The molecule has 5 nitrogen and oxygen atoms in total. The molecule has 0 atom stereocenters. The molecule has 0 N–H and O–H groups in total. The van der Waals surface area contributed by atoms with Crippen LogP contribution in [-0.4, -0.2) is 27.6 Å². The van der Waals surface area contributed by atoms with Gasteiger partial charge in [-0.25, -0.2) is 0 Å². The van der Waals surface area contributed by atoms with Gasteiger partial charge in [0.15, 0.2) is 11.5 Å². The fraction of sp³-hybridized carbons (Fsp3) is 0.316. The van der Waals surface area contributed by atoms with E-state index in [0.717, 1.165) is 11.1 Å². The van der Waals surface area contributed by atoms with Gasteiger partial charge in [0.2, 0.25) is 0 Å². The van der Waals surface area contributed by atoms with Crippen LogP contribution in [0.25, 0.3) is 0 Å². The molecule has 2 aromatic carbocycles. The third-order valence-corrected chi connectivity index (χ3v) is 3.46. The summed E-state index contributed by atoms with van der Waals surface area (Å²) in [5.41, 5.74) is 2.47. The average molecular weight is 327 g/mol. The molecule has 0 aromatic heterocycles. The van der Waals surface area contributed by atoms with Crippen LogP contribution in [0.5, 0.6) is 11.5 Å².